The summed E-state index contributed by atoms with van der Waals surface area (Å²) in [4.78, 5) is 4.25. The lowest BCUT2D eigenvalue weighted by molar-refractivity contribution is 0.250. The average molecular weight is 226 g/mol. The van der Waals surface area contributed by atoms with E-state index < -0.39 is 0 Å². The Hall–Kier alpha value is -0.580. The number of nitrogens with zero attached hydrogens (tertiary/aromatic N) is 1. The molecule has 0 aliphatic rings. The molecule has 1 heterocycles. The highest BCUT2D eigenvalue weighted by atomic mass is 32.2. The van der Waals surface area contributed by atoms with Gasteiger partial charge in [-0.05, 0) is 30.5 Å². The lowest BCUT2D eigenvalue weighted by atomic mass is 10.1. The topological polar surface area (TPSA) is 59.1 Å². The van der Waals surface area contributed by atoms with Crippen LogP contribution >= 0.6 is 11.8 Å². The van der Waals surface area contributed by atoms with Crippen LogP contribution in [0.25, 0.3) is 0 Å². The molecule has 15 heavy (non-hydrogen) atoms. The first-order valence-electron chi connectivity index (χ1n) is 5.08. The normalized spacial score (nSPS) is 14.9. The standard InChI is InChI=1S/C11H18N2OS/c1-8(6-14)7-15-11-5-10(9(2)12)3-4-13-11/h3-5,8-9,14H,6-7,12H2,1-2H3. The van der Waals surface area contributed by atoms with Crippen molar-refractivity contribution in [3.8, 4) is 0 Å². The maximum Gasteiger partial charge on any atom is 0.0963 e. The van der Waals surface area contributed by atoms with Crippen LogP contribution < -0.4 is 5.73 Å². The lowest BCUT2D eigenvalue weighted by Crippen LogP contribution is -2.06. The van der Waals surface area contributed by atoms with Gasteiger partial charge in [0.2, 0.25) is 0 Å². The molecule has 0 aliphatic heterocycles. The summed E-state index contributed by atoms with van der Waals surface area (Å²) in [6.45, 7) is 4.20. The minimum Gasteiger partial charge on any atom is -0.396 e. The molecular weight excluding hydrogens is 208 g/mol. The van der Waals surface area contributed by atoms with Gasteiger partial charge in [-0.1, -0.05) is 6.92 Å². The van der Waals surface area contributed by atoms with E-state index in [9.17, 15) is 0 Å². The third-order valence-corrected chi connectivity index (χ3v) is 3.37. The molecule has 0 amide bonds. The highest BCUT2D eigenvalue weighted by Gasteiger charge is 2.04. The second-order valence-electron chi connectivity index (χ2n) is 3.81. The Morgan fingerprint density at radius 1 is 1.53 bits per heavy atom. The fourth-order valence-corrected chi connectivity index (χ4v) is 1.98. The Bertz CT molecular complexity index is 304. The lowest BCUT2D eigenvalue weighted by Gasteiger charge is -2.09. The average Bonchev–Trinajstić information content (AvgIpc) is 2.26. The van der Waals surface area contributed by atoms with E-state index in [-0.39, 0.29) is 12.6 Å². The van der Waals surface area contributed by atoms with Crippen LogP contribution in [-0.4, -0.2) is 22.5 Å². The third kappa shape index (κ3) is 4.20. The van der Waals surface area contributed by atoms with Crippen molar-refractivity contribution in [3.63, 3.8) is 0 Å². The molecule has 0 saturated carbocycles. The zero-order valence-corrected chi connectivity index (χ0v) is 10.00. The van der Waals surface area contributed by atoms with Gasteiger partial charge in [-0.15, -0.1) is 11.8 Å². The van der Waals surface area contributed by atoms with Gasteiger partial charge in [0.25, 0.3) is 0 Å². The summed E-state index contributed by atoms with van der Waals surface area (Å²) in [7, 11) is 0. The molecule has 0 aliphatic carbocycles. The van der Waals surface area contributed by atoms with Gasteiger partial charge in [0, 0.05) is 24.6 Å². The first-order valence-corrected chi connectivity index (χ1v) is 6.07. The Labute approximate surface area is 95.1 Å². The van der Waals surface area contributed by atoms with Gasteiger partial charge in [0.05, 0.1) is 5.03 Å². The summed E-state index contributed by atoms with van der Waals surface area (Å²) in [5.74, 6) is 1.18. The Kier molecular flexibility index (Phi) is 5.08. The molecule has 3 nitrogen and oxygen atoms in total. The Morgan fingerprint density at radius 3 is 2.87 bits per heavy atom. The number of pyridine rings is 1. The van der Waals surface area contributed by atoms with E-state index in [1.165, 1.54) is 0 Å². The zero-order chi connectivity index (χ0) is 11.3. The SMILES string of the molecule is CC(CO)CSc1cc(C(C)N)ccn1. The number of rotatable bonds is 5. The van der Waals surface area contributed by atoms with E-state index in [2.05, 4.69) is 4.98 Å². The predicted octanol–water partition coefficient (Wildman–Crippen LogP) is 1.82. The number of hydrogen-bond donors (Lipinski definition) is 2. The van der Waals surface area contributed by atoms with Crippen LogP contribution in [0.5, 0.6) is 0 Å². The molecule has 0 aromatic carbocycles. The maximum atomic E-state index is 8.90. The van der Waals surface area contributed by atoms with Gasteiger partial charge in [-0.3, -0.25) is 0 Å². The zero-order valence-electron chi connectivity index (χ0n) is 9.18. The van der Waals surface area contributed by atoms with Crippen LogP contribution in [-0.2, 0) is 0 Å². The van der Waals surface area contributed by atoms with Gasteiger partial charge in [0.15, 0.2) is 0 Å². The van der Waals surface area contributed by atoms with Crippen molar-refractivity contribution in [2.75, 3.05) is 12.4 Å². The van der Waals surface area contributed by atoms with Crippen molar-refractivity contribution in [2.45, 2.75) is 24.9 Å². The second-order valence-corrected chi connectivity index (χ2v) is 4.86. The third-order valence-electron chi connectivity index (χ3n) is 2.11. The van der Waals surface area contributed by atoms with Crippen molar-refractivity contribution in [3.05, 3.63) is 23.9 Å². The number of aliphatic hydroxyl groups excluding tert-OH is 1. The van der Waals surface area contributed by atoms with Gasteiger partial charge in [-0.2, -0.15) is 0 Å². The van der Waals surface area contributed by atoms with Gasteiger partial charge >= 0.3 is 0 Å². The van der Waals surface area contributed by atoms with Gasteiger partial charge in [-0.25, -0.2) is 4.98 Å². The fourth-order valence-electron chi connectivity index (χ4n) is 1.07. The van der Waals surface area contributed by atoms with Crippen molar-refractivity contribution in [1.82, 2.24) is 4.98 Å². The van der Waals surface area contributed by atoms with Crippen molar-refractivity contribution >= 4 is 11.8 Å². The number of hydrogen-bond acceptors (Lipinski definition) is 4. The quantitative estimate of drug-likeness (QED) is 0.752. The molecule has 1 aromatic heterocycles. The number of aromatic nitrogens is 1. The van der Waals surface area contributed by atoms with E-state index in [4.69, 9.17) is 10.8 Å². The highest BCUT2D eigenvalue weighted by molar-refractivity contribution is 7.99. The first kappa shape index (κ1) is 12.5. The molecule has 0 spiro atoms. The van der Waals surface area contributed by atoms with E-state index in [1.807, 2.05) is 26.0 Å². The molecule has 0 saturated heterocycles. The predicted molar refractivity (Wildman–Crippen MR) is 63.8 cm³/mol. The molecule has 3 N–H and O–H groups in total. The molecule has 0 bridgehead atoms. The Balaban J connectivity index is 2.58. The number of aliphatic hydroxyl groups is 1. The van der Waals surface area contributed by atoms with Gasteiger partial charge < -0.3 is 10.8 Å². The second kappa shape index (κ2) is 6.10. The van der Waals surface area contributed by atoms with Crippen molar-refractivity contribution in [2.24, 2.45) is 11.7 Å². The minimum atomic E-state index is 0.0441. The molecule has 2 atom stereocenters. The molecule has 1 aromatic rings. The molecule has 1 rings (SSSR count). The number of nitrogens with two attached hydrogens (primary N) is 1. The minimum absolute atomic E-state index is 0.0441. The summed E-state index contributed by atoms with van der Waals surface area (Å²) in [6.07, 6.45) is 1.78. The summed E-state index contributed by atoms with van der Waals surface area (Å²) >= 11 is 1.66. The van der Waals surface area contributed by atoms with E-state index in [1.54, 1.807) is 18.0 Å². The monoisotopic (exact) mass is 226 g/mol. The highest BCUT2D eigenvalue weighted by Crippen LogP contribution is 2.21. The largest absolute Gasteiger partial charge is 0.396 e. The van der Waals surface area contributed by atoms with Crippen LogP contribution in [0.1, 0.15) is 25.5 Å². The molecule has 4 heteroatoms. The summed E-state index contributed by atoms with van der Waals surface area (Å²) in [5.41, 5.74) is 6.89. The van der Waals surface area contributed by atoms with Gasteiger partial charge in [0.1, 0.15) is 0 Å². The molecule has 0 fully saturated rings. The van der Waals surface area contributed by atoms with E-state index in [0.29, 0.717) is 5.92 Å². The van der Waals surface area contributed by atoms with Crippen LogP contribution in [0.3, 0.4) is 0 Å². The van der Waals surface area contributed by atoms with Crippen LogP contribution in [0, 0.1) is 5.92 Å². The van der Waals surface area contributed by atoms with Crippen LogP contribution in [0.2, 0.25) is 0 Å². The molecule has 0 radical (unpaired) electrons. The summed E-state index contributed by atoms with van der Waals surface area (Å²) < 4.78 is 0. The van der Waals surface area contributed by atoms with Crippen LogP contribution in [0.15, 0.2) is 23.4 Å². The smallest absolute Gasteiger partial charge is 0.0963 e. The maximum absolute atomic E-state index is 8.90. The first-order chi connectivity index (χ1) is 7.13. The summed E-state index contributed by atoms with van der Waals surface area (Å²) in [5, 5.41) is 9.88. The van der Waals surface area contributed by atoms with Crippen molar-refractivity contribution < 1.29 is 5.11 Å². The molecule has 2 unspecified atom stereocenters. The number of thioether (sulfide) groups is 1. The summed E-state index contributed by atoms with van der Waals surface area (Å²) in [6, 6.07) is 3.99. The molecule has 84 valence electrons. The van der Waals surface area contributed by atoms with E-state index >= 15 is 0 Å². The fraction of sp³-hybridized carbons (Fsp3) is 0.545. The van der Waals surface area contributed by atoms with Crippen molar-refractivity contribution in [1.29, 1.82) is 0 Å². The Morgan fingerprint density at radius 2 is 2.27 bits per heavy atom. The molecular formula is C11H18N2OS. The van der Waals surface area contributed by atoms with E-state index in [0.717, 1.165) is 16.3 Å². The van der Waals surface area contributed by atoms with Crippen LogP contribution in [0.4, 0.5) is 0 Å².